The standard InChI is InChI=1S/C16H15Cl2N3O2S/c1-9-4-5-19-14(6-9)21-16(24)20-13(8-15(22)23)11-3-2-10(17)7-12(11)18/h2-7,13H,8H2,1H3,(H,22,23)(H2,19,20,21,24)/t13-/m0/s1. The summed E-state index contributed by atoms with van der Waals surface area (Å²) in [6.45, 7) is 1.93. The molecule has 0 aliphatic carbocycles. The second-order valence-electron chi connectivity index (χ2n) is 5.13. The second-order valence-corrected chi connectivity index (χ2v) is 6.39. The number of carboxylic acids is 1. The quantitative estimate of drug-likeness (QED) is 0.671. The first-order valence-electron chi connectivity index (χ1n) is 7.02. The van der Waals surface area contributed by atoms with Gasteiger partial charge in [0.25, 0.3) is 0 Å². The molecule has 1 heterocycles. The lowest BCUT2D eigenvalue weighted by molar-refractivity contribution is -0.137. The number of carbonyl (C=O) groups is 1. The van der Waals surface area contributed by atoms with Gasteiger partial charge in [-0.3, -0.25) is 4.79 Å². The highest BCUT2D eigenvalue weighted by Gasteiger charge is 2.19. The summed E-state index contributed by atoms with van der Waals surface area (Å²) in [5, 5.41) is 16.1. The van der Waals surface area contributed by atoms with Crippen LogP contribution in [-0.2, 0) is 4.79 Å². The third-order valence-corrected chi connectivity index (χ3v) is 3.96. The average molecular weight is 384 g/mol. The normalized spacial score (nSPS) is 11.6. The number of anilines is 1. The Labute approximate surface area is 155 Å². The highest BCUT2D eigenvalue weighted by Crippen LogP contribution is 2.28. The molecule has 0 saturated carbocycles. The predicted octanol–water partition coefficient (Wildman–Crippen LogP) is 4.20. The fourth-order valence-corrected chi connectivity index (χ4v) is 2.90. The van der Waals surface area contributed by atoms with Crippen molar-refractivity contribution in [1.82, 2.24) is 10.3 Å². The Hall–Kier alpha value is -1.89. The van der Waals surface area contributed by atoms with Gasteiger partial charge in [0, 0.05) is 16.2 Å². The third-order valence-electron chi connectivity index (χ3n) is 3.18. The van der Waals surface area contributed by atoms with Crippen molar-refractivity contribution in [2.45, 2.75) is 19.4 Å². The van der Waals surface area contributed by atoms with Crippen molar-refractivity contribution in [2.24, 2.45) is 0 Å². The van der Waals surface area contributed by atoms with Gasteiger partial charge in [-0.05, 0) is 54.5 Å². The van der Waals surface area contributed by atoms with Crippen LogP contribution in [0, 0.1) is 6.92 Å². The molecule has 0 fully saturated rings. The number of benzene rings is 1. The number of rotatable bonds is 5. The lowest BCUT2D eigenvalue weighted by Crippen LogP contribution is -2.34. The molecule has 0 unspecified atom stereocenters. The number of aryl methyl sites for hydroxylation is 1. The van der Waals surface area contributed by atoms with Crippen molar-refractivity contribution in [2.75, 3.05) is 5.32 Å². The van der Waals surface area contributed by atoms with E-state index < -0.39 is 12.0 Å². The van der Waals surface area contributed by atoms with E-state index in [2.05, 4.69) is 15.6 Å². The van der Waals surface area contributed by atoms with Crippen LogP contribution in [0.25, 0.3) is 0 Å². The Kier molecular flexibility index (Phi) is 6.36. The SMILES string of the molecule is Cc1ccnc(NC(=S)N[C@@H](CC(=O)O)c2ccc(Cl)cc2Cl)c1. The van der Waals surface area contributed by atoms with Crippen LogP contribution in [0.3, 0.4) is 0 Å². The molecule has 0 bridgehead atoms. The molecule has 0 radical (unpaired) electrons. The monoisotopic (exact) mass is 383 g/mol. The van der Waals surface area contributed by atoms with E-state index in [1.807, 2.05) is 19.1 Å². The molecule has 1 aromatic carbocycles. The summed E-state index contributed by atoms with van der Waals surface area (Å²) in [4.78, 5) is 15.3. The van der Waals surface area contributed by atoms with Crippen molar-refractivity contribution in [3.8, 4) is 0 Å². The fraction of sp³-hybridized carbons (Fsp3) is 0.188. The Morgan fingerprint density at radius 1 is 1.33 bits per heavy atom. The first kappa shape index (κ1) is 18.4. The molecule has 24 heavy (non-hydrogen) atoms. The summed E-state index contributed by atoms with van der Waals surface area (Å²) in [6.07, 6.45) is 1.47. The van der Waals surface area contributed by atoms with Crippen LogP contribution in [-0.4, -0.2) is 21.2 Å². The van der Waals surface area contributed by atoms with Crippen LogP contribution < -0.4 is 10.6 Å². The highest BCUT2D eigenvalue weighted by molar-refractivity contribution is 7.80. The molecule has 0 saturated heterocycles. The van der Waals surface area contributed by atoms with Crippen molar-refractivity contribution >= 4 is 52.3 Å². The summed E-state index contributed by atoms with van der Waals surface area (Å²) >= 11 is 17.3. The summed E-state index contributed by atoms with van der Waals surface area (Å²) in [5.74, 6) is -0.404. The lowest BCUT2D eigenvalue weighted by Gasteiger charge is -2.21. The molecular weight excluding hydrogens is 369 g/mol. The number of nitrogens with one attached hydrogen (secondary N) is 2. The van der Waals surface area contributed by atoms with E-state index in [0.717, 1.165) is 5.56 Å². The van der Waals surface area contributed by atoms with Gasteiger partial charge >= 0.3 is 5.97 Å². The highest BCUT2D eigenvalue weighted by atomic mass is 35.5. The van der Waals surface area contributed by atoms with E-state index >= 15 is 0 Å². The van der Waals surface area contributed by atoms with Gasteiger partial charge in [-0.1, -0.05) is 29.3 Å². The van der Waals surface area contributed by atoms with Crippen molar-refractivity contribution in [3.05, 3.63) is 57.7 Å². The smallest absolute Gasteiger partial charge is 0.305 e. The zero-order valence-electron chi connectivity index (χ0n) is 12.7. The van der Waals surface area contributed by atoms with E-state index in [0.29, 0.717) is 21.4 Å². The number of nitrogens with zero attached hydrogens (tertiary/aromatic N) is 1. The zero-order chi connectivity index (χ0) is 17.7. The van der Waals surface area contributed by atoms with Gasteiger partial charge in [-0.2, -0.15) is 0 Å². The van der Waals surface area contributed by atoms with Crippen LogP contribution in [0.1, 0.15) is 23.6 Å². The van der Waals surface area contributed by atoms with Crippen molar-refractivity contribution in [3.63, 3.8) is 0 Å². The predicted molar refractivity (Wildman–Crippen MR) is 99.8 cm³/mol. The summed E-state index contributed by atoms with van der Waals surface area (Å²) in [6, 6.07) is 7.99. The first-order valence-corrected chi connectivity index (χ1v) is 8.18. The maximum atomic E-state index is 11.2. The van der Waals surface area contributed by atoms with Crippen LogP contribution in [0.4, 0.5) is 5.82 Å². The van der Waals surface area contributed by atoms with Gasteiger partial charge in [0.2, 0.25) is 0 Å². The van der Waals surface area contributed by atoms with Crippen LogP contribution >= 0.6 is 35.4 Å². The van der Waals surface area contributed by atoms with Crippen LogP contribution in [0.5, 0.6) is 0 Å². The lowest BCUT2D eigenvalue weighted by atomic mass is 10.0. The summed E-state index contributed by atoms with van der Waals surface area (Å²) in [7, 11) is 0. The number of halogens is 2. The van der Waals surface area contributed by atoms with Gasteiger partial charge in [-0.15, -0.1) is 0 Å². The van der Waals surface area contributed by atoms with E-state index in [1.165, 1.54) is 0 Å². The average Bonchev–Trinajstić information content (AvgIpc) is 2.46. The summed E-state index contributed by atoms with van der Waals surface area (Å²) < 4.78 is 0. The summed E-state index contributed by atoms with van der Waals surface area (Å²) in [5.41, 5.74) is 1.63. The Bertz CT molecular complexity index is 771. The number of thiocarbonyl (C=S) groups is 1. The van der Waals surface area contributed by atoms with Crippen molar-refractivity contribution in [1.29, 1.82) is 0 Å². The largest absolute Gasteiger partial charge is 0.481 e. The van der Waals surface area contributed by atoms with Crippen molar-refractivity contribution < 1.29 is 9.90 Å². The van der Waals surface area contributed by atoms with Crippen LogP contribution in [0.15, 0.2) is 36.5 Å². The molecule has 0 aliphatic rings. The molecule has 3 N–H and O–H groups in total. The maximum absolute atomic E-state index is 11.2. The van der Waals surface area contributed by atoms with Gasteiger partial charge < -0.3 is 15.7 Å². The first-order chi connectivity index (χ1) is 11.3. The minimum absolute atomic E-state index is 0.190. The molecule has 0 aliphatic heterocycles. The number of aromatic nitrogens is 1. The fourth-order valence-electron chi connectivity index (χ4n) is 2.11. The molecule has 126 valence electrons. The van der Waals surface area contributed by atoms with Gasteiger partial charge in [0.05, 0.1) is 12.5 Å². The minimum atomic E-state index is -0.977. The molecule has 2 rings (SSSR count). The van der Waals surface area contributed by atoms with E-state index in [-0.39, 0.29) is 11.5 Å². The minimum Gasteiger partial charge on any atom is -0.481 e. The number of carboxylic acid groups (broad SMARTS) is 1. The topological polar surface area (TPSA) is 74.2 Å². The Morgan fingerprint density at radius 3 is 2.71 bits per heavy atom. The molecule has 1 aromatic heterocycles. The zero-order valence-corrected chi connectivity index (χ0v) is 15.0. The van der Waals surface area contributed by atoms with Gasteiger partial charge in [-0.25, -0.2) is 4.98 Å². The number of hydrogen-bond acceptors (Lipinski definition) is 3. The molecule has 0 spiro atoms. The number of hydrogen-bond donors (Lipinski definition) is 3. The molecular formula is C16H15Cl2N3O2S. The Balaban J connectivity index is 2.16. The molecule has 0 amide bonds. The van der Waals surface area contributed by atoms with Crippen LogP contribution in [0.2, 0.25) is 10.0 Å². The number of aliphatic carboxylic acids is 1. The molecule has 5 nitrogen and oxygen atoms in total. The third kappa shape index (κ3) is 5.33. The maximum Gasteiger partial charge on any atom is 0.305 e. The van der Waals surface area contributed by atoms with Gasteiger partial charge in [0.1, 0.15) is 5.82 Å². The molecule has 2 aromatic rings. The van der Waals surface area contributed by atoms with E-state index in [4.69, 9.17) is 40.5 Å². The second kappa shape index (κ2) is 8.28. The van der Waals surface area contributed by atoms with Gasteiger partial charge in [0.15, 0.2) is 5.11 Å². The Morgan fingerprint density at radius 2 is 2.08 bits per heavy atom. The number of pyridine rings is 1. The molecule has 8 heteroatoms. The molecule has 1 atom stereocenters. The van der Waals surface area contributed by atoms with E-state index in [1.54, 1.807) is 24.4 Å². The van der Waals surface area contributed by atoms with E-state index in [9.17, 15) is 4.79 Å².